The topological polar surface area (TPSA) is 84.0 Å². The van der Waals surface area contributed by atoms with Gasteiger partial charge in [0.2, 0.25) is 0 Å². The molecule has 3 aromatic carbocycles. The summed E-state index contributed by atoms with van der Waals surface area (Å²) in [6.07, 6.45) is 0. The van der Waals surface area contributed by atoms with Crippen LogP contribution in [0.3, 0.4) is 0 Å². The molecule has 0 aliphatic carbocycles. The van der Waals surface area contributed by atoms with Crippen molar-refractivity contribution < 1.29 is 8.42 Å². The van der Waals surface area contributed by atoms with Crippen LogP contribution in [0, 0.1) is 0 Å². The Balaban J connectivity index is 1.77. The normalized spacial score (nSPS) is 11.3. The number of hydrogen-bond acceptors (Lipinski definition) is 5. The molecule has 0 atom stereocenters. The van der Waals surface area contributed by atoms with Crippen LogP contribution in [0.25, 0.3) is 11.0 Å². The highest BCUT2D eigenvalue weighted by molar-refractivity contribution is 9.10. The fourth-order valence-corrected chi connectivity index (χ4v) is 4.01. The Kier molecular flexibility index (Phi) is 5.25. The molecule has 9 heteroatoms. The number of halogens is 1. The number of hydrogen-bond donors (Lipinski definition) is 2. The Morgan fingerprint density at radius 1 is 0.793 bits per heavy atom. The minimum absolute atomic E-state index is 0.132. The number of fused-ring (bicyclic) bond motifs is 1. The number of anilines is 3. The lowest BCUT2D eigenvalue weighted by Crippen LogP contribution is -2.16. The van der Waals surface area contributed by atoms with Gasteiger partial charge in [0.15, 0.2) is 11.6 Å². The van der Waals surface area contributed by atoms with Crippen molar-refractivity contribution in [1.29, 1.82) is 0 Å². The van der Waals surface area contributed by atoms with Gasteiger partial charge in [-0.25, -0.2) is 18.4 Å². The average Bonchev–Trinajstić information content (AvgIpc) is 2.70. The van der Waals surface area contributed by atoms with Gasteiger partial charge in [-0.15, -0.1) is 0 Å². The van der Waals surface area contributed by atoms with Crippen LogP contribution < -0.4 is 15.5 Å². The zero-order chi connectivity index (χ0) is 20.4. The summed E-state index contributed by atoms with van der Waals surface area (Å²) in [5.41, 5.74) is 2.99. The van der Waals surface area contributed by atoms with Crippen LogP contribution in [-0.2, 0) is 10.0 Å². The monoisotopic (exact) mass is 466 g/mol. The van der Waals surface area contributed by atoms with Crippen molar-refractivity contribution in [2.75, 3.05) is 10.0 Å². The van der Waals surface area contributed by atoms with Crippen LogP contribution in [0.4, 0.5) is 17.3 Å². The molecule has 6 nitrogen and oxygen atoms in total. The van der Waals surface area contributed by atoms with Gasteiger partial charge in [0.25, 0.3) is 10.0 Å². The first-order valence-corrected chi connectivity index (χ1v) is 11.1. The summed E-state index contributed by atoms with van der Waals surface area (Å²) in [4.78, 5) is 9.23. The predicted molar refractivity (Wildman–Crippen MR) is 122 cm³/mol. The molecule has 0 saturated carbocycles. The van der Waals surface area contributed by atoms with E-state index in [0.717, 1.165) is 15.6 Å². The van der Waals surface area contributed by atoms with Crippen molar-refractivity contribution >= 4 is 67.6 Å². The molecule has 0 fully saturated rings. The summed E-state index contributed by atoms with van der Waals surface area (Å²) in [6, 6.07) is 21.4. The largest absolute Gasteiger partial charge is 0.337 e. The second kappa shape index (κ2) is 7.84. The van der Waals surface area contributed by atoms with E-state index in [9.17, 15) is 8.42 Å². The van der Waals surface area contributed by atoms with E-state index >= 15 is 0 Å². The van der Waals surface area contributed by atoms with E-state index in [4.69, 9.17) is 0 Å². The van der Waals surface area contributed by atoms with Crippen LogP contribution >= 0.6 is 15.9 Å². The fourth-order valence-electron chi connectivity index (χ4n) is 2.73. The molecule has 2 N–H and O–H groups in total. The number of aromatic nitrogens is 2. The number of para-hydroxylation sites is 2. The molecule has 29 heavy (non-hydrogen) atoms. The third kappa shape index (κ3) is 4.41. The lowest BCUT2D eigenvalue weighted by Gasteiger charge is -2.14. The third-order valence-electron chi connectivity index (χ3n) is 4.24. The molecule has 0 amide bonds. The molecule has 4 rings (SSSR count). The van der Waals surface area contributed by atoms with Crippen molar-refractivity contribution in [3.8, 4) is 0 Å². The maximum atomic E-state index is 12.9. The van der Waals surface area contributed by atoms with Gasteiger partial charge in [0.05, 0.1) is 15.9 Å². The van der Waals surface area contributed by atoms with E-state index in [1.807, 2.05) is 50.3 Å². The quantitative estimate of drug-likeness (QED) is 0.441. The zero-order valence-electron chi connectivity index (χ0n) is 15.4. The van der Waals surface area contributed by atoms with Crippen molar-refractivity contribution in [1.82, 2.24) is 9.97 Å². The van der Waals surface area contributed by atoms with Gasteiger partial charge in [-0.3, -0.25) is 4.72 Å². The number of nitrogens with one attached hydrogen (secondary N) is 2. The predicted octanol–water partition coefficient (Wildman–Crippen LogP) is 3.20. The maximum absolute atomic E-state index is 12.9. The van der Waals surface area contributed by atoms with E-state index in [1.165, 1.54) is 0 Å². The molecule has 0 aliphatic heterocycles. The van der Waals surface area contributed by atoms with Gasteiger partial charge in [0.1, 0.15) is 7.85 Å². The first-order valence-electron chi connectivity index (χ1n) is 8.80. The summed E-state index contributed by atoms with van der Waals surface area (Å²) < 4.78 is 29.3. The molecule has 0 unspecified atom stereocenters. The maximum Gasteiger partial charge on any atom is 0.263 e. The second-order valence-electron chi connectivity index (χ2n) is 6.46. The van der Waals surface area contributed by atoms with Crippen molar-refractivity contribution in [2.24, 2.45) is 0 Å². The molecular formula is C20H16BBrN4O2S. The highest BCUT2D eigenvalue weighted by Gasteiger charge is 2.19. The summed E-state index contributed by atoms with van der Waals surface area (Å²) >= 11 is 3.40. The lowest BCUT2D eigenvalue weighted by molar-refractivity contribution is 0.601. The first kappa shape index (κ1) is 19.4. The van der Waals surface area contributed by atoms with Gasteiger partial charge in [-0.1, -0.05) is 45.7 Å². The number of benzene rings is 3. The van der Waals surface area contributed by atoms with Gasteiger partial charge in [-0.05, 0) is 48.5 Å². The van der Waals surface area contributed by atoms with Crippen LogP contribution in [-0.4, -0.2) is 26.2 Å². The van der Waals surface area contributed by atoms with Crippen molar-refractivity contribution in [3.05, 3.63) is 77.3 Å². The van der Waals surface area contributed by atoms with E-state index in [1.54, 1.807) is 30.3 Å². The second-order valence-corrected chi connectivity index (χ2v) is 9.06. The van der Waals surface area contributed by atoms with Gasteiger partial charge in [-0.2, -0.15) is 0 Å². The van der Waals surface area contributed by atoms with E-state index in [2.05, 4.69) is 35.9 Å². The number of nitrogens with zero attached hydrogens (tertiary/aromatic N) is 2. The highest BCUT2D eigenvalue weighted by Crippen LogP contribution is 2.27. The van der Waals surface area contributed by atoms with Crippen LogP contribution in [0.5, 0.6) is 0 Å². The standard InChI is InChI=1S/C20H16BBrN4O2S/c21-13-5-11-16(12-6-13)29(27,28)26-20-19(23-15-9-7-14(22)8-10-15)24-17-3-1-2-4-18(17)25-20/h1-12H,21H2,(H,23,24)(H,25,26). The van der Waals surface area contributed by atoms with Crippen molar-refractivity contribution in [2.45, 2.75) is 4.90 Å². The smallest absolute Gasteiger partial charge is 0.263 e. The first-order chi connectivity index (χ1) is 13.9. The zero-order valence-corrected chi connectivity index (χ0v) is 17.8. The number of rotatable bonds is 5. The molecule has 1 aromatic heterocycles. The SMILES string of the molecule is Bc1ccc(S(=O)(=O)Nc2nc3ccccc3nc2Nc2ccc(Br)cc2)cc1. The lowest BCUT2D eigenvalue weighted by atomic mass is 9.97. The minimum Gasteiger partial charge on any atom is -0.337 e. The summed E-state index contributed by atoms with van der Waals surface area (Å²) in [5.74, 6) is 0.453. The van der Waals surface area contributed by atoms with Crippen LogP contribution in [0.1, 0.15) is 0 Å². The molecule has 0 spiro atoms. The number of sulfonamides is 1. The van der Waals surface area contributed by atoms with Crippen LogP contribution in [0.2, 0.25) is 0 Å². The fraction of sp³-hybridized carbons (Fsp3) is 0. The molecular weight excluding hydrogens is 451 g/mol. The molecule has 0 saturated heterocycles. The van der Waals surface area contributed by atoms with E-state index in [0.29, 0.717) is 16.9 Å². The van der Waals surface area contributed by atoms with Gasteiger partial charge < -0.3 is 5.32 Å². The molecule has 1 heterocycles. The van der Waals surface area contributed by atoms with Gasteiger partial charge in [0, 0.05) is 10.2 Å². The summed E-state index contributed by atoms with van der Waals surface area (Å²) in [6.45, 7) is 0. The average molecular weight is 467 g/mol. The molecule has 4 aromatic rings. The third-order valence-corrected chi connectivity index (χ3v) is 6.12. The van der Waals surface area contributed by atoms with Crippen LogP contribution in [0.15, 0.2) is 82.2 Å². The minimum atomic E-state index is -3.82. The molecule has 0 aliphatic rings. The Bertz CT molecular complexity index is 1280. The van der Waals surface area contributed by atoms with Gasteiger partial charge >= 0.3 is 0 Å². The Hall–Kier alpha value is -2.91. The Labute approximate surface area is 178 Å². The summed E-state index contributed by atoms with van der Waals surface area (Å²) in [7, 11) is -1.92. The van der Waals surface area contributed by atoms with E-state index in [-0.39, 0.29) is 10.7 Å². The highest BCUT2D eigenvalue weighted by atomic mass is 79.9. The molecule has 0 bridgehead atoms. The Morgan fingerprint density at radius 2 is 1.38 bits per heavy atom. The Morgan fingerprint density at radius 3 is 2.00 bits per heavy atom. The molecule has 0 radical (unpaired) electrons. The van der Waals surface area contributed by atoms with E-state index < -0.39 is 10.0 Å². The summed E-state index contributed by atoms with van der Waals surface area (Å²) in [5, 5.41) is 3.15. The van der Waals surface area contributed by atoms with Crippen molar-refractivity contribution in [3.63, 3.8) is 0 Å². The molecule has 144 valence electrons.